The van der Waals surface area contributed by atoms with Crippen molar-refractivity contribution in [1.29, 1.82) is 0 Å². The first-order chi connectivity index (χ1) is 32.7. The summed E-state index contributed by atoms with van der Waals surface area (Å²) in [7, 11) is 0. The van der Waals surface area contributed by atoms with Crippen molar-refractivity contribution in [3.8, 4) is 11.8 Å². The van der Waals surface area contributed by atoms with Crippen LogP contribution in [0.4, 0.5) is 0 Å². The number of aliphatic hydroxyl groups excluding tert-OH is 4. The molecule has 15 nitrogen and oxygen atoms in total. The van der Waals surface area contributed by atoms with Crippen molar-refractivity contribution in [2.75, 3.05) is 26.3 Å². The number of aliphatic imine (C=N–C) groups is 1. The number of cyclic esters (lactones) is 1. The molecule has 0 bridgehead atoms. The van der Waals surface area contributed by atoms with Crippen molar-refractivity contribution in [2.45, 2.75) is 147 Å². The standard InChI is InChI=1S/C54H77N5O10/c1-28-8-9-30-10-11-35-34(26-60)20-43(64)52(4,67)48-32(7-5-6-31(19-37(35)36(30)18-28)38-27-69-49(66)44(38)33-13-16-57-25-33)22-54(68)45-39(12-14-53(48,54)15-17-58-50(55)56)51(3)23-42(63)41(62)21-40(51)47(65)46(45)59-24-29(2)61/h10,13,16,25,28,31-32,34-44,48,57,59-60,62-64,67-68H,7-9,11-12,14-15,17-24,26-27H2,1-4H3,(H4,55,56,58). The molecule has 378 valence electrons. The van der Waals surface area contributed by atoms with Crippen LogP contribution in [-0.2, 0) is 19.1 Å². The first kappa shape index (κ1) is 49.9. The maximum absolute atomic E-state index is 15.0. The zero-order chi connectivity index (χ0) is 49.4. The molecule has 2 heterocycles. The number of nitrogens with one attached hydrogen (secondary N) is 2. The number of carbonyl (C=O) groups excluding carboxylic acids is 3. The number of rotatable bonds is 9. The monoisotopic (exact) mass is 956 g/mol. The highest BCUT2D eigenvalue weighted by atomic mass is 16.5. The molecule has 19 atom stereocenters. The molecule has 69 heavy (non-hydrogen) atoms. The van der Waals surface area contributed by atoms with Crippen LogP contribution in [0.3, 0.4) is 0 Å². The number of nitrogens with zero attached hydrogens (tertiary/aromatic N) is 1. The quantitative estimate of drug-likeness (QED) is 0.0560. The molecule has 4 saturated carbocycles. The molecule has 0 spiro atoms. The van der Waals surface area contributed by atoms with E-state index in [-0.39, 0.29) is 124 Å². The smallest absolute Gasteiger partial charge is 0.313 e. The Kier molecular flexibility index (Phi) is 13.6. The third-order valence-corrected chi connectivity index (χ3v) is 19.7. The van der Waals surface area contributed by atoms with Crippen LogP contribution >= 0.6 is 0 Å². The van der Waals surface area contributed by atoms with Crippen molar-refractivity contribution >= 4 is 23.5 Å². The molecule has 0 radical (unpaired) electrons. The van der Waals surface area contributed by atoms with E-state index >= 15 is 4.79 Å². The molecule has 5 fully saturated rings. The molecule has 0 amide bonds. The molecule has 19 unspecified atom stereocenters. The second-order valence-corrected chi connectivity index (χ2v) is 23.5. The number of ether oxygens (including phenoxy) is 1. The summed E-state index contributed by atoms with van der Waals surface area (Å²) in [6.07, 6.45) is 8.26. The Balaban J connectivity index is 1.22. The number of aromatic amines is 1. The Morgan fingerprint density at radius 3 is 2.51 bits per heavy atom. The topological polar surface area (TPSA) is 274 Å². The lowest BCUT2D eigenvalue weighted by atomic mass is 9.44. The molecule has 1 aliphatic heterocycles. The predicted octanol–water partition coefficient (Wildman–Crippen LogP) is 3.37. The predicted molar refractivity (Wildman–Crippen MR) is 257 cm³/mol. The Morgan fingerprint density at radius 2 is 1.80 bits per heavy atom. The van der Waals surface area contributed by atoms with Gasteiger partial charge in [-0.1, -0.05) is 31.4 Å². The van der Waals surface area contributed by atoms with Crippen LogP contribution in [0.1, 0.15) is 123 Å². The second kappa shape index (κ2) is 18.9. The third-order valence-electron chi connectivity index (χ3n) is 19.7. The van der Waals surface area contributed by atoms with Crippen molar-refractivity contribution in [2.24, 2.45) is 92.4 Å². The van der Waals surface area contributed by atoms with E-state index in [1.807, 2.05) is 25.4 Å². The van der Waals surface area contributed by atoms with E-state index < -0.39 is 75.9 Å². The summed E-state index contributed by atoms with van der Waals surface area (Å²) in [5, 5.41) is 77.3. The van der Waals surface area contributed by atoms with E-state index in [4.69, 9.17) is 16.2 Å². The average molecular weight is 956 g/mol. The number of hydrogen-bond donors (Lipinski definition) is 10. The van der Waals surface area contributed by atoms with Crippen LogP contribution in [0.15, 0.2) is 46.4 Å². The minimum Gasteiger partial charge on any atom is -0.465 e. The van der Waals surface area contributed by atoms with Gasteiger partial charge in [0.05, 0.1) is 54.3 Å². The molecule has 7 aliphatic carbocycles. The molecular weight excluding hydrogens is 879 g/mol. The van der Waals surface area contributed by atoms with Crippen LogP contribution in [0, 0.1) is 87.8 Å². The molecule has 15 heteroatoms. The summed E-state index contributed by atoms with van der Waals surface area (Å²) < 4.78 is 5.88. The fourth-order valence-electron chi connectivity index (χ4n) is 16.5. The maximum Gasteiger partial charge on any atom is 0.313 e. The van der Waals surface area contributed by atoms with Gasteiger partial charge in [-0.2, -0.15) is 0 Å². The van der Waals surface area contributed by atoms with Gasteiger partial charge in [0.15, 0.2) is 11.7 Å². The third kappa shape index (κ3) is 8.40. The SMILES string of the molecule is CC(=O)CNC1=C2C(CCC3(CCN=C(N)N)C4C(CC#CC(C5COC(=O)C5c5cc[nH]c5)CC5C6CC(C)CCC6=CCC5C(CO)CC(O)C4(C)O)CC23O)C2(C)CC(O)C(O)CC2C1=O. The molecular formula is C54H77N5O10. The van der Waals surface area contributed by atoms with Gasteiger partial charge in [-0.25, -0.2) is 0 Å². The first-order valence-electron chi connectivity index (χ1n) is 25.9. The van der Waals surface area contributed by atoms with Crippen LogP contribution in [-0.4, -0.2) is 115 Å². The molecule has 1 saturated heterocycles. The molecule has 1 aromatic heterocycles. The van der Waals surface area contributed by atoms with Gasteiger partial charge in [0.2, 0.25) is 0 Å². The number of aliphatic hydroxyl groups is 6. The van der Waals surface area contributed by atoms with E-state index in [1.54, 1.807) is 6.92 Å². The minimum absolute atomic E-state index is 0.0236. The van der Waals surface area contributed by atoms with E-state index in [9.17, 15) is 40.2 Å². The second-order valence-electron chi connectivity index (χ2n) is 23.5. The van der Waals surface area contributed by atoms with Crippen molar-refractivity contribution < 1.29 is 49.8 Å². The van der Waals surface area contributed by atoms with E-state index in [1.165, 1.54) is 12.5 Å². The van der Waals surface area contributed by atoms with Crippen LogP contribution in [0.5, 0.6) is 0 Å². The average Bonchev–Trinajstić information content (AvgIpc) is 4.02. The lowest BCUT2D eigenvalue weighted by Gasteiger charge is -2.62. The van der Waals surface area contributed by atoms with Gasteiger partial charge < -0.3 is 57.1 Å². The summed E-state index contributed by atoms with van der Waals surface area (Å²) in [5.41, 5.74) is 8.86. The van der Waals surface area contributed by atoms with Gasteiger partial charge in [-0.05, 0) is 155 Å². The summed E-state index contributed by atoms with van der Waals surface area (Å²) >= 11 is 0. The van der Waals surface area contributed by atoms with Crippen LogP contribution < -0.4 is 16.8 Å². The van der Waals surface area contributed by atoms with Gasteiger partial charge in [0.1, 0.15) is 5.78 Å². The fraction of sp³-hybridized carbons (Fsp3) is 0.741. The number of guanidine groups is 1. The number of nitrogens with two attached hydrogens (primary N) is 2. The maximum atomic E-state index is 15.0. The summed E-state index contributed by atoms with van der Waals surface area (Å²) in [6.45, 7) is 7.18. The number of ketones is 2. The Bertz CT molecular complexity index is 2300. The minimum atomic E-state index is -1.89. The summed E-state index contributed by atoms with van der Waals surface area (Å²) in [4.78, 5) is 48.9. The Morgan fingerprint density at radius 1 is 1.01 bits per heavy atom. The van der Waals surface area contributed by atoms with Crippen LogP contribution in [0.2, 0.25) is 0 Å². The lowest BCUT2D eigenvalue weighted by molar-refractivity contribution is -0.190. The zero-order valence-electron chi connectivity index (χ0n) is 40.9. The normalized spacial score (nSPS) is 45.2. The Hall–Kier alpha value is -4.04. The van der Waals surface area contributed by atoms with Gasteiger partial charge >= 0.3 is 5.97 Å². The van der Waals surface area contributed by atoms with E-state index in [0.717, 1.165) is 24.8 Å². The number of Topliss-reactive ketones (excluding diaryl/α,β-unsaturated/α-hetero) is 2. The van der Waals surface area contributed by atoms with E-state index in [0.29, 0.717) is 37.2 Å². The number of esters is 1. The first-order valence-corrected chi connectivity index (χ1v) is 25.9. The molecule has 0 aromatic carbocycles. The van der Waals surface area contributed by atoms with Crippen LogP contribution in [0.25, 0.3) is 0 Å². The van der Waals surface area contributed by atoms with E-state index in [2.05, 4.69) is 40.1 Å². The van der Waals surface area contributed by atoms with Gasteiger partial charge in [0, 0.05) is 61.1 Å². The molecule has 1 aromatic rings. The highest BCUT2D eigenvalue weighted by Gasteiger charge is 2.74. The number of H-pyrrole nitrogens is 1. The highest BCUT2D eigenvalue weighted by Crippen LogP contribution is 2.72. The summed E-state index contributed by atoms with van der Waals surface area (Å²) in [6, 6.07) is 1.92. The molecule has 8 aliphatic rings. The Labute approximate surface area is 406 Å². The van der Waals surface area contributed by atoms with Gasteiger partial charge in [-0.3, -0.25) is 19.4 Å². The van der Waals surface area contributed by atoms with Crippen molar-refractivity contribution in [3.63, 3.8) is 0 Å². The van der Waals surface area contributed by atoms with Gasteiger partial charge in [-0.15, -0.1) is 5.92 Å². The summed E-state index contributed by atoms with van der Waals surface area (Å²) in [5.74, 6) is 2.96. The number of fused-ring (bicyclic) bond motifs is 10. The van der Waals surface area contributed by atoms with Gasteiger partial charge in [0.25, 0.3) is 0 Å². The number of hydrogen-bond acceptors (Lipinski definition) is 12. The fourth-order valence-corrected chi connectivity index (χ4v) is 16.5. The number of aromatic nitrogens is 1. The lowest BCUT2D eigenvalue weighted by Crippen LogP contribution is -2.65. The molecule has 9 rings (SSSR count). The molecule has 12 N–H and O–H groups in total. The highest BCUT2D eigenvalue weighted by molar-refractivity contribution is 6.00. The van der Waals surface area contributed by atoms with Crippen molar-refractivity contribution in [1.82, 2.24) is 10.3 Å². The number of carbonyl (C=O) groups is 3. The number of allylic oxidation sites excluding steroid dienone is 3. The zero-order valence-corrected chi connectivity index (χ0v) is 40.9. The van der Waals surface area contributed by atoms with Crippen molar-refractivity contribution in [3.05, 3.63) is 46.9 Å². The largest absolute Gasteiger partial charge is 0.465 e.